The number of halogens is 1. The van der Waals surface area contributed by atoms with E-state index in [2.05, 4.69) is 0 Å². The summed E-state index contributed by atoms with van der Waals surface area (Å²) < 4.78 is 17.8. The van der Waals surface area contributed by atoms with E-state index in [0.29, 0.717) is 25.1 Å². The van der Waals surface area contributed by atoms with Crippen LogP contribution in [0.2, 0.25) is 0 Å². The van der Waals surface area contributed by atoms with Gasteiger partial charge in [0.1, 0.15) is 11.9 Å². The highest BCUT2D eigenvalue weighted by molar-refractivity contribution is 6.22. The van der Waals surface area contributed by atoms with E-state index < -0.39 is 35.7 Å². The van der Waals surface area contributed by atoms with Crippen molar-refractivity contribution in [3.05, 3.63) is 30.1 Å². The SMILES string of the molecule is COC(=O)C1CCCN2C(=O)N(c3ccc(F)cc3)C(=O)C12. The molecule has 2 heterocycles. The van der Waals surface area contributed by atoms with Gasteiger partial charge < -0.3 is 9.64 Å². The molecular formula is C15H15FN2O4. The molecular weight excluding hydrogens is 291 g/mol. The van der Waals surface area contributed by atoms with E-state index in [1.54, 1.807) is 0 Å². The van der Waals surface area contributed by atoms with Crippen molar-refractivity contribution in [2.75, 3.05) is 18.6 Å². The number of rotatable bonds is 2. The first-order valence-electron chi connectivity index (χ1n) is 7.02. The third-order valence-corrected chi connectivity index (χ3v) is 4.13. The van der Waals surface area contributed by atoms with Gasteiger partial charge in [0.05, 0.1) is 18.7 Å². The fourth-order valence-electron chi connectivity index (χ4n) is 3.10. The highest BCUT2D eigenvalue weighted by Gasteiger charge is 2.53. The molecule has 116 valence electrons. The number of benzene rings is 1. The van der Waals surface area contributed by atoms with E-state index in [4.69, 9.17) is 4.74 Å². The lowest BCUT2D eigenvalue weighted by atomic mass is 9.89. The minimum absolute atomic E-state index is 0.300. The summed E-state index contributed by atoms with van der Waals surface area (Å²) in [6.07, 6.45) is 1.14. The van der Waals surface area contributed by atoms with Crippen LogP contribution < -0.4 is 4.90 Å². The Hall–Kier alpha value is -2.44. The summed E-state index contributed by atoms with van der Waals surface area (Å²) in [4.78, 5) is 39.4. The third kappa shape index (κ3) is 2.13. The van der Waals surface area contributed by atoms with Crippen molar-refractivity contribution >= 4 is 23.6 Å². The summed E-state index contributed by atoms with van der Waals surface area (Å²) in [6, 6.07) is 3.80. The maximum absolute atomic E-state index is 13.0. The number of nitrogens with zero attached hydrogens (tertiary/aromatic N) is 2. The van der Waals surface area contributed by atoms with Gasteiger partial charge >= 0.3 is 12.0 Å². The number of carbonyl (C=O) groups is 3. The van der Waals surface area contributed by atoms with Crippen LogP contribution in [0.5, 0.6) is 0 Å². The van der Waals surface area contributed by atoms with Crippen LogP contribution in [-0.2, 0) is 14.3 Å². The number of hydrogen-bond donors (Lipinski definition) is 0. The molecule has 2 fully saturated rings. The van der Waals surface area contributed by atoms with E-state index in [9.17, 15) is 18.8 Å². The molecule has 1 aromatic carbocycles. The number of anilines is 1. The number of esters is 1. The van der Waals surface area contributed by atoms with Crippen LogP contribution in [0.4, 0.5) is 14.9 Å². The van der Waals surface area contributed by atoms with E-state index in [1.165, 1.54) is 36.3 Å². The number of piperidine rings is 1. The summed E-state index contributed by atoms with van der Waals surface area (Å²) >= 11 is 0. The maximum atomic E-state index is 13.0. The van der Waals surface area contributed by atoms with Gasteiger partial charge in [-0.3, -0.25) is 9.59 Å². The first-order chi connectivity index (χ1) is 10.5. The average Bonchev–Trinajstić information content (AvgIpc) is 2.79. The Bertz CT molecular complexity index is 631. The minimum Gasteiger partial charge on any atom is -0.469 e. The molecule has 3 rings (SSSR count). The summed E-state index contributed by atoms with van der Waals surface area (Å²) in [5.41, 5.74) is 0.300. The van der Waals surface area contributed by atoms with E-state index in [0.717, 1.165) is 4.90 Å². The van der Waals surface area contributed by atoms with Crippen molar-refractivity contribution in [1.29, 1.82) is 0 Å². The van der Waals surface area contributed by atoms with Crippen molar-refractivity contribution in [2.24, 2.45) is 5.92 Å². The van der Waals surface area contributed by atoms with Gasteiger partial charge in [0.15, 0.2) is 0 Å². The molecule has 0 aromatic heterocycles. The first-order valence-corrected chi connectivity index (χ1v) is 7.02. The van der Waals surface area contributed by atoms with E-state index in [1.807, 2.05) is 0 Å². The molecule has 2 unspecified atom stereocenters. The molecule has 7 heteroatoms. The smallest absolute Gasteiger partial charge is 0.332 e. The molecule has 22 heavy (non-hydrogen) atoms. The molecule has 0 N–H and O–H groups in total. The number of hydrogen-bond acceptors (Lipinski definition) is 4. The summed E-state index contributed by atoms with van der Waals surface area (Å²) in [5.74, 6) is -2.06. The third-order valence-electron chi connectivity index (χ3n) is 4.13. The van der Waals surface area contributed by atoms with E-state index >= 15 is 0 Å². The zero-order valence-electron chi connectivity index (χ0n) is 12.0. The highest BCUT2D eigenvalue weighted by Crippen LogP contribution is 2.34. The number of amides is 3. The van der Waals surface area contributed by atoms with Gasteiger partial charge in [0, 0.05) is 6.54 Å². The van der Waals surface area contributed by atoms with Crippen LogP contribution in [0.1, 0.15) is 12.8 Å². The fraction of sp³-hybridized carbons (Fsp3) is 0.400. The molecule has 2 saturated heterocycles. The molecule has 2 aliphatic heterocycles. The summed E-state index contributed by atoms with van der Waals surface area (Å²) in [7, 11) is 1.26. The lowest BCUT2D eigenvalue weighted by Gasteiger charge is -2.31. The van der Waals surface area contributed by atoms with E-state index in [-0.39, 0.29) is 0 Å². The van der Waals surface area contributed by atoms with Gasteiger partial charge in [-0.2, -0.15) is 0 Å². The highest BCUT2D eigenvalue weighted by atomic mass is 19.1. The predicted molar refractivity (Wildman–Crippen MR) is 74.5 cm³/mol. The Balaban J connectivity index is 1.95. The zero-order valence-corrected chi connectivity index (χ0v) is 12.0. The number of imide groups is 1. The largest absolute Gasteiger partial charge is 0.469 e. The zero-order chi connectivity index (χ0) is 15.9. The Labute approximate surface area is 126 Å². The Morgan fingerprint density at radius 3 is 2.59 bits per heavy atom. The Kier molecular flexibility index (Phi) is 3.56. The number of methoxy groups -OCH3 is 1. The Morgan fingerprint density at radius 1 is 1.27 bits per heavy atom. The first kappa shape index (κ1) is 14.5. The minimum atomic E-state index is -0.834. The van der Waals surface area contributed by atoms with Crippen LogP contribution in [-0.4, -0.2) is 42.5 Å². The van der Waals surface area contributed by atoms with Crippen molar-refractivity contribution in [3.8, 4) is 0 Å². The van der Waals surface area contributed by atoms with Crippen LogP contribution in [0.3, 0.4) is 0 Å². The fourth-order valence-corrected chi connectivity index (χ4v) is 3.10. The van der Waals surface area contributed by atoms with Gasteiger partial charge in [-0.05, 0) is 37.1 Å². The summed E-state index contributed by atoms with van der Waals surface area (Å²) in [5, 5.41) is 0. The van der Waals surface area contributed by atoms with Gasteiger partial charge in [0.2, 0.25) is 0 Å². The maximum Gasteiger partial charge on any atom is 0.332 e. The van der Waals surface area contributed by atoms with Crippen molar-refractivity contribution in [3.63, 3.8) is 0 Å². The molecule has 1 aromatic rings. The quantitative estimate of drug-likeness (QED) is 0.614. The van der Waals surface area contributed by atoms with Gasteiger partial charge in [-0.25, -0.2) is 14.1 Å². The molecule has 2 atom stereocenters. The molecule has 3 amide bonds. The van der Waals surface area contributed by atoms with Gasteiger partial charge in [-0.15, -0.1) is 0 Å². The topological polar surface area (TPSA) is 66.9 Å². The lowest BCUT2D eigenvalue weighted by Crippen LogP contribution is -2.48. The molecule has 0 spiro atoms. The van der Waals surface area contributed by atoms with Gasteiger partial charge in [-0.1, -0.05) is 0 Å². The number of urea groups is 1. The molecule has 0 aliphatic carbocycles. The van der Waals surface area contributed by atoms with Gasteiger partial charge in [0.25, 0.3) is 5.91 Å². The molecule has 0 saturated carbocycles. The molecule has 0 bridgehead atoms. The number of ether oxygens (including phenoxy) is 1. The molecule has 0 radical (unpaired) electrons. The lowest BCUT2D eigenvalue weighted by molar-refractivity contribution is -0.150. The van der Waals surface area contributed by atoms with Crippen molar-refractivity contribution in [2.45, 2.75) is 18.9 Å². The second-order valence-electron chi connectivity index (χ2n) is 5.34. The average molecular weight is 306 g/mol. The van der Waals surface area contributed by atoms with Crippen molar-refractivity contribution in [1.82, 2.24) is 4.90 Å². The molecule has 6 nitrogen and oxygen atoms in total. The molecule has 2 aliphatic rings. The predicted octanol–water partition coefficient (Wildman–Crippen LogP) is 1.55. The second kappa shape index (κ2) is 5.40. The Morgan fingerprint density at radius 2 is 1.95 bits per heavy atom. The van der Waals surface area contributed by atoms with Crippen LogP contribution in [0.15, 0.2) is 24.3 Å². The number of carbonyl (C=O) groups excluding carboxylic acids is 3. The standard InChI is InChI=1S/C15H15FN2O4/c1-22-14(20)11-3-2-8-17-12(11)13(19)18(15(17)21)10-6-4-9(16)5-7-10/h4-7,11-12H,2-3,8H2,1H3. The normalized spacial score (nSPS) is 24.5. The summed E-state index contributed by atoms with van der Waals surface area (Å²) in [6.45, 7) is 0.417. The number of fused-ring (bicyclic) bond motifs is 1. The van der Waals surface area contributed by atoms with Crippen LogP contribution in [0.25, 0.3) is 0 Å². The second-order valence-corrected chi connectivity index (χ2v) is 5.34. The monoisotopic (exact) mass is 306 g/mol. The van der Waals surface area contributed by atoms with Crippen molar-refractivity contribution < 1.29 is 23.5 Å². The van der Waals surface area contributed by atoms with Crippen LogP contribution in [0, 0.1) is 11.7 Å². The van der Waals surface area contributed by atoms with Crippen LogP contribution >= 0.6 is 0 Å².